The van der Waals surface area contributed by atoms with Crippen molar-refractivity contribution < 1.29 is 19.1 Å². The molecule has 0 saturated heterocycles. The molecule has 0 unspecified atom stereocenters. The molecule has 26 heavy (non-hydrogen) atoms. The molecule has 138 valence electrons. The van der Waals surface area contributed by atoms with Gasteiger partial charge in [-0.25, -0.2) is 4.79 Å². The van der Waals surface area contributed by atoms with Crippen LogP contribution in [0.1, 0.15) is 43.6 Å². The zero-order valence-corrected chi connectivity index (χ0v) is 15.7. The maximum absolute atomic E-state index is 12.5. The lowest BCUT2D eigenvalue weighted by Gasteiger charge is -2.33. The number of ether oxygens (including phenoxy) is 2. The molecule has 0 aliphatic rings. The van der Waals surface area contributed by atoms with Gasteiger partial charge in [0.1, 0.15) is 18.1 Å². The van der Waals surface area contributed by atoms with Gasteiger partial charge in [-0.2, -0.15) is 0 Å². The van der Waals surface area contributed by atoms with Gasteiger partial charge >= 0.3 is 6.09 Å². The fourth-order valence-corrected chi connectivity index (χ4v) is 2.56. The summed E-state index contributed by atoms with van der Waals surface area (Å²) in [6, 6.07) is 14.6. The van der Waals surface area contributed by atoms with Gasteiger partial charge < -0.3 is 14.4 Å². The Morgan fingerprint density at radius 2 is 1.81 bits per heavy atom. The average Bonchev–Trinajstić information content (AvgIpc) is 2.60. The summed E-state index contributed by atoms with van der Waals surface area (Å²) in [5.41, 5.74) is 0.944. The van der Waals surface area contributed by atoms with Gasteiger partial charge in [0, 0.05) is 18.2 Å². The van der Waals surface area contributed by atoms with E-state index >= 15 is 0 Å². The van der Waals surface area contributed by atoms with Crippen molar-refractivity contribution in [3.8, 4) is 11.5 Å². The Labute approximate surface area is 154 Å². The second-order valence-electron chi connectivity index (χ2n) is 6.87. The first-order chi connectivity index (χ1) is 12.3. The second kappa shape index (κ2) is 8.52. The van der Waals surface area contributed by atoms with E-state index in [2.05, 4.69) is 0 Å². The zero-order valence-electron chi connectivity index (χ0n) is 15.7. The van der Waals surface area contributed by atoms with Gasteiger partial charge in [0.05, 0.1) is 5.56 Å². The van der Waals surface area contributed by atoms with E-state index in [0.29, 0.717) is 30.8 Å². The molecule has 0 saturated carbocycles. The SMILES string of the molecule is CCN(C(=O)Oc1cc(OCc2ccccc2)ccc1C=O)C(C)(C)C. The number of aldehydes is 1. The van der Waals surface area contributed by atoms with E-state index in [1.807, 2.05) is 58.0 Å². The van der Waals surface area contributed by atoms with Crippen LogP contribution in [0.25, 0.3) is 0 Å². The topological polar surface area (TPSA) is 55.8 Å². The van der Waals surface area contributed by atoms with Gasteiger partial charge in [0.2, 0.25) is 0 Å². The third-order valence-corrected chi connectivity index (χ3v) is 3.90. The summed E-state index contributed by atoms with van der Waals surface area (Å²) < 4.78 is 11.2. The highest BCUT2D eigenvalue weighted by molar-refractivity contribution is 5.82. The number of amides is 1. The van der Waals surface area contributed by atoms with Crippen molar-refractivity contribution in [1.29, 1.82) is 0 Å². The molecule has 5 nitrogen and oxygen atoms in total. The quantitative estimate of drug-likeness (QED) is 0.705. The highest BCUT2D eigenvalue weighted by Crippen LogP contribution is 2.26. The number of carbonyl (C=O) groups is 2. The van der Waals surface area contributed by atoms with E-state index in [0.717, 1.165) is 5.56 Å². The van der Waals surface area contributed by atoms with Crippen molar-refractivity contribution in [1.82, 2.24) is 4.90 Å². The molecule has 2 aromatic rings. The van der Waals surface area contributed by atoms with E-state index < -0.39 is 6.09 Å². The van der Waals surface area contributed by atoms with Gasteiger partial charge in [-0.1, -0.05) is 30.3 Å². The molecule has 0 aliphatic heterocycles. The molecule has 2 rings (SSSR count). The molecule has 0 N–H and O–H groups in total. The fraction of sp³-hybridized carbons (Fsp3) is 0.333. The van der Waals surface area contributed by atoms with Gasteiger partial charge in [-0.05, 0) is 45.4 Å². The van der Waals surface area contributed by atoms with Gasteiger partial charge in [0.15, 0.2) is 6.29 Å². The Hall–Kier alpha value is -2.82. The largest absolute Gasteiger partial charge is 0.489 e. The molecule has 0 heterocycles. The lowest BCUT2D eigenvalue weighted by Crippen LogP contribution is -2.46. The first-order valence-corrected chi connectivity index (χ1v) is 8.60. The molecule has 0 fully saturated rings. The van der Waals surface area contributed by atoms with Crippen molar-refractivity contribution in [2.45, 2.75) is 39.8 Å². The summed E-state index contributed by atoms with van der Waals surface area (Å²) >= 11 is 0. The summed E-state index contributed by atoms with van der Waals surface area (Å²) in [5, 5.41) is 0. The lowest BCUT2D eigenvalue weighted by atomic mass is 10.1. The Kier molecular flexibility index (Phi) is 6.39. The number of hydrogen-bond acceptors (Lipinski definition) is 4. The van der Waals surface area contributed by atoms with Crippen LogP contribution in [-0.4, -0.2) is 29.4 Å². The molecule has 0 bridgehead atoms. The Balaban J connectivity index is 2.16. The third-order valence-electron chi connectivity index (χ3n) is 3.90. The Morgan fingerprint density at radius 1 is 1.12 bits per heavy atom. The highest BCUT2D eigenvalue weighted by Gasteiger charge is 2.27. The summed E-state index contributed by atoms with van der Waals surface area (Å²) in [4.78, 5) is 25.4. The highest BCUT2D eigenvalue weighted by atomic mass is 16.6. The lowest BCUT2D eigenvalue weighted by molar-refractivity contribution is 0.108. The fourth-order valence-electron chi connectivity index (χ4n) is 2.56. The van der Waals surface area contributed by atoms with Crippen LogP contribution in [0.2, 0.25) is 0 Å². The molecule has 0 radical (unpaired) electrons. The van der Waals surface area contributed by atoms with E-state index in [1.54, 1.807) is 23.1 Å². The van der Waals surface area contributed by atoms with Crippen LogP contribution in [0, 0.1) is 0 Å². The number of carbonyl (C=O) groups excluding carboxylic acids is 2. The first kappa shape index (κ1) is 19.5. The smallest absolute Gasteiger partial charge is 0.415 e. The Bertz CT molecular complexity index is 750. The predicted molar refractivity (Wildman–Crippen MR) is 101 cm³/mol. The molecular weight excluding hydrogens is 330 g/mol. The average molecular weight is 355 g/mol. The van der Waals surface area contributed by atoms with Crippen LogP contribution in [0.3, 0.4) is 0 Å². The Morgan fingerprint density at radius 3 is 2.38 bits per heavy atom. The number of benzene rings is 2. The van der Waals surface area contributed by atoms with Crippen molar-refractivity contribution in [3.05, 3.63) is 59.7 Å². The minimum atomic E-state index is -0.497. The van der Waals surface area contributed by atoms with Crippen LogP contribution < -0.4 is 9.47 Å². The minimum absolute atomic E-state index is 0.193. The molecular formula is C21H25NO4. The minimum Gasteiger partial charge on any atom is -0.489 e. The monoisotopic (exact) mass is 355 g/mol. The molecule has 0 aromatic heterocycles. The number of nitrogens with zero attached hydrogens (tertiary/aromatic N) is 1. The van der Waals surface area contributed by atoms with Crippen molar-refractivity contribution in [2.24, 2.45) is 0 Å². The summed E-state index contributed by atoms with van der Waals surface area (Å²) in [5.74, 6) is 0.722. The maximum Gasteiger partial charge on any atom is 0.415 e. The third kappa shape index (κ3) is 5.09. The summed E-state index contributed by atoms with van der Waals surface area (Å²) in [7, 11) is 0. The van der Waals surface area contributed by atoms with Crippen molar-refractivity contribution >= 4 is 12.4 Å². The molecule has 0 atom stereocenters. The van der Waals surface area contributed by atoms with Crippen molar-refractivity contribution in [2.75, 3.05) is 6.54 Å². The van der Waals surface area contributed by atoms with Crippen LogP contribution >= 0.6 is 0 Å². The maximum atomic E-state index is 12.5. The second-order valence-corrected chi connectivity index (χ2v) is 6.87. The molecule has 0 spiro atoms. The summed E-state index contributed by atoms with van der Waals surface area (Å²) in [6.07, 6.45) is 0.167. The standard InChI is InChI=1S/C21H25NO4/c1-5-22(21(2,3)4)20(24)26-19-13-18(12-11-17(19)14-23)25-15-16-9-7-6-8-10-16/h6-14H,5,15H2,1-4H3. The van der Waals surface area contributed by atoms with Gasteiger partial charge in [-0.3, -0.25) is 4.79 Å². The van der Waals surface area contributed by atoms with Gasteiger partial charge in [-0.15, -0.1) is 0 Å². The van der Waals surface area contributed by atoms with E-state index in [4.69, 9.17) is 9.47 Å². The number of hydrogen-bond donors (Lipinski definition) is 0. The molecule has 1 amide bonds. The first-order valence-electron chi connectivity index (χ1n) is 8.60. The van der Waals surface area contributed by atoms with E-state index in [1.165, 1.54) is 0 Å². The van der Waals surface area contributed by atoms with Crippen LogP contribution in [0.5, 0.6) is 11.5 Å². The van der Waals surface area contributed by atoms with Crippen LogP contribution in [-0.2, 0) is 6.61 Å². The van der Waals surface area contributed by atoms with E-state index in [-0.39, 0.29) is 11.3 Å². The predicted octanol–water partition coefficient (Wildman–Crippen LogP) is 4.70. The normalized spacial score (nSPS) is 10.9. The molecule has 2 aromatic carbocycles. The molecule has 5 heteroatoms. The van der Waals surface area contributed by atoms with Gasteiger partial charge in [0.25, 0.3) is 0 Å². The molecule has 0 aliphatic carbocycles. The van der Waals surface area contributed by atoms with Crippen molar-refractivity contribution in [3.63, 3.8) is 0 Å². The van der Waals surface area contributed by atoms with Crippen LogP contribution in [0.4, 0.5) is 4.79 Å². The zero-order chi connectivity index (χ0) is 19.2. The van der Waals surface area contributed by atoms with E-state index in [9.17, 15) is 9.59 Å². The number of rotatable bonds is 6. The van der Waals surface area contributed by atoms with Crippen LogP contribution in [0.15, 0.2) is 48.5 Å². The summed E-state index contributed by atoms with van der Waals surface area (Å²) in [6.45, 7) is 8.56.